The number of para-hydroxylation sites is 1. The van der Waals surface area contributed by atoms with Crippen molar-refractivity contribution in [1.82, 2.24) is 0 Å². The predicted molar refractivity (Wildman–Crippen MR) is 92.0 cm³/mol. The topological polar surface area (TPSA) is 52.4 Å². The van der Waals surface area contributed by atoms with Crippen molar-refractivity contribution in [2.45, 2.75) is 46.1 Å². The van der Waals surface area contributed by atoms with Gasteiger partial charge in [-0.1, -0.05) is 45.9 Å². The maximum atomic E-state index is 10.7. The van der Waals surface area contributed by atoms with Gasteiger partial charge in [0.2, 0.25) is 0 Å². The van der Waals surface area contributed by atoms with Crippen molar-refractivity contribution in [2.24, 2.45) is 0 Å². The molecule has 4 nitrogen and oxygen atoms in total. The highest BCUT2D eigenvalue weighted by Gasteiger charge is 2.15. The molecule has 0 aliphatic rings. The van der Waals surface area contributed by atoms with E-state index in [1.54, 1.807) is 12.1 Å². The summed E-state index contributed by atoms with van der Waals surface area (Å²) < 4.78 is 6.11. The fourth-order valence-electron chi connectivity index (χ4n) is 2.52. The van der Waals surface area contributed by atoms with Crippen LogP contribution in [0.2, 0.25) is 0 Å². The highest BCUT2D eigenvalue weighted by Crippen LogP contribution is 2.35. The number of hydrogen-bond donors (Lipinski definition) is 0. The first-order chi connectivity index (χ1) is 10.9. The minimum Gasteiger partial charge on any atom is -0.488 e. The van der Waals surface area contributed by atoms with Gasteiger partial charge in [0.15, 0.2) is 0 Å². The van der Waals surface area contributed by atoms with Crippen LogP contribution in [0, 0.1) is 10.1 Å². The van der Waals surface area contributed by atoms with Crippen LogP contribution in [0.5, 0.6) is 5.75 Å². The molecule has 2 rings (SSSR count). The fourth-order valence-corrected chi connectivity index (χ4v) is 2.52. The lowest BCUT2D eigenvalue weighted by Crippen LogP contribution is -2.04. The Hall–Kier alpha value is -2.36. The van der Waals surface area contributed by atoms with Gasteiger partial charge in [-0.25, -0.2) is 0 Å². The Bertz CT molecular complexity index is 649. The van der Waals surface area contributed by atoms with Gasteiger partial charge in [0.05, 0.1) is 4.92 Å². The second kappa shape index (κ2) is 7.27. The van der Waals surface area contributed by atoms with Crippen LogP contribution in [0.15, 0.2) is 42.5 Å². The first-order valence-corrected chi connectivity index (χ1v) is 7.89. The molecule has 122 valence electrons. The molecule has 4 heteroatoms. The molecule has 0 saturated heterocycles. The van der Waals surface area contributed by atoms with Crippen LogP contribution in [-0.2, 0) is 6.61 Å². The Labute approximate surface area is 137 Å². The minimum absolute atomic E-state index is 0.0965. The summed E-state index contributed by atoms with van der Waals surface area (Å²) in [5.74, 6) is 1.69. The van der Waals surface area contributed by atoms with E-state index in [1.165, 1.54) is 23.3 Å². The summed E-state index contributed by atoms with van der Waals surface area (Å²) >= 11 is 0. The molecule has 0 aliphatic carbocycles. The highest BCUT2D eigenvalue weighted by atomic mass is 16.6. The van der Waals surface area contributed by atoms with E-state index < -0.39 is 4.92 Å². The van der Waals surface area contributed by atoms with Crippen LogP contribution in [0.1, 0.15) is 56.2 Å². The normalized spacial score (nSPS) is 11.0. The van der Waals surface area contributed by atoms with Crippen LogP contribution in [0.25, 0.3) is 0 Å². The molecule has 0 atom stereocenters. The molecule has 23 heavy (non-hydrogen) atoms. The Morgan fingerprint density at radius 3 is 1.91 bits per heavy atom. The van der Waals surface area contributed by atoms with Crippen LogP contribution in [0.4, 0.5) is 5.69 Å². The van der Waals surface area contributed by atoms with E-state index in [0.717, 1.165) is 11.3 Å². The number of ether oxygens (including phenoxy) is 1. The Morgan fingerprint density at radius 1 is 0.957 bits per heavy atom. The quantitative estimate of drug-likeness (QED) is 0.528. The molecule has 2 aromatic rings. The first-order valence-electron chi connectivity index (χ1n) is 7.89. The summed E-state index contributed by atoms with van der Waals surface area (Å²) in [7, 11) is 0. The van der Waals surface area contributed by atoms with E-state index in [0.29, 0.717) is 18.4 Å². The molecule has 0 amide bonds. The van der Waals surface area contributed by atoms with Crippen LogP contribution >= 0.6 is 0 Å². The SMILES string of the molecule is CC(C)c1cccc(C(C)C)c1OCc1ccc([N+](=O)[O-])cc1. The number of nitro benzene ring substituents is 1. The summed E-state index contributed by atoms with van der Waals surface area (Å²) in [5, 5.41) is 10.7. The molecule has 0 bridgehead atoms. The van der Waals surface area contributed by atoms with Gasteiger partial charge in [-0.2, -0.15) is 0 Å². The summed E-state index contributed by atoms with van der Waals surface area (Å²) in [4.78, 5) is 10.3. The minimum atomic E-state index is -0.393. The maximum absolute atomic E-state index is 10.7. The van der Waals surface area contributed by atoms with E-state index in [4.69, 9.17) is 4.74 Å². The lowest BCUT2D eigenvalue weighted by molar-refractivity contribution is -0.384. The standard InChI is InChI=1S/C19H23NO3/c1-13(2)17-6-5-7-18(14(3)4)19(17)23-12-15-8-10-16(11-9-15)20(21)22/h5-11,13-14H,12H2,1-4H3. The lowest BCUT2D eigenvalue weighted by atomic mass is 9.94. The second-order valence-electron chi connectivity index (χ2n) is 6.29. The van der Waals surface area contributed by atoms with Gasteiger partial charge in [-0.3, -0.25) is 10.1 Å². The van der Waals surface area contributed by atoms with Gasteiger partial charge in [-0.15, -0.1) is 0 Å². The number of nitrogens with zero attached hydrogens (tertiary/aromatic N) is 1. The van der Waals surface area contributed by atoms with Crippen molar-refractivity contribution in [2.75, 3.05) is 0 Å². The van der Waals surface area contributed by atoms with E-state index in [1.807, 2.05) is 0 Å². The van der Waals surface area contributed by atoms with Gasteiger partial charge >= 0.3 is 0 Å². The average molecular weight is 313 g/mol. The van der Waals surface area contributed by atoms with Gasteiger partial charge in [0, 0.05) is 12.1 Å². The number of hydrogen-bond acceptors (Lipinski definition) is 3. The molecule has 2 aromatic carbocycles. The molecular weight excluding hydrogens is 290 g/mol. The zero-order chi connectivity index (χ0) is 17.0. The number of benzene rings is 2. The van der Waals surface area contributed by atoms with Crippen LogP contribution in [-0.4, -0.2) is 4.92 Å². The number of non-ortho nitro benzene ring substituents is 1. The largest absolute Gasteiger partial charge is 0.488 e. The van der Waals surface area contributed by atoms with Gasteiger partial charge in [0.25, 0.3) is 5.69 Å². The predicted octanol–water partition coefficient (Wildman–Crippen LogP) is 5.42. The zero-order valence-corrected chi connectivity index (χ0v) is 14.1. The van der Waals surface area contributed by atoms with Crippen molar-refractivity contribution in [3.05, 3.63) is 69.3 Å². The molecule has 0 unspecified atom stereocenters. The Morgan fingerprint density at radius 2 is 1.48 bits per heavy atom. The number of nitro groups is 1. The Kier molecular flexibility index (Phi) is 5.37. The fraction of sp³-hybridized carbons (Fsp3) is 0.368. The monoisotopic (exact) mass is 313 g/mol. The summed E-state index contributed by atoms with van der Waals surface area (Å²) in [6.07, 6.45) is 0. The van der Waals surface area contributed by atoms with Crippen LogP contribution < -0.4 is 4.74 Å². The van der Waals surface area contributed by atoms with Crippen LogP contribution in [0.3, 0.4) is 0 Å². The maximum Gasteiger partial charge on any atom is 0.269 e. The molecule has 0 heterocycles. The Balaban J connectivity index is 2.23. The molecule has 0 aliphatic heterocycles. The third-order valence-corrected chi connectivity index (χ3v) is 3.85. The van der Waals surface area contributed by atoms with Gasteiger partial charge in [0.1, 0.15) is 12.4 Å². The van der Waals surface area contributed by atoms with E-state index in [2.05, 4.69) is 45.9 Å². The van der Waals surface area contributed by atoms with E-state index in [-0.39, 0.29) is 5.69 Å². The van der Waals surface area contributed by atoms with Crippen molar-refractivity contribution in [3.63, 3.8) is 0 Å². The summed E-state index contributed by atoms with van der Waals surface area (Å²) in [6.45, 7) is 9.01. The molecule has 0 N–H and O–H groups in total. The van der Waals surface area contributed by atoms with Crippen molar-refractivity contribution in [3.8, 4) is 5.75 Å². The van der Waals surface area contributed by atoms with Crippen molar-refractivity contribution < 1.29 is 9.66 Å². The molecule has 0 radical (unpaired) electrons. The van der Waals surface area contributed by atoms with Gasteiger partial charge < -0.3 is 4.74 Å². The summed E-state index contributed by atoms with van der Waals surface area (Å²) in [5.41, 5.74) is 3.40. The van der Waals surface area contributed by atoms with Crippen molar-refractivity contribution >= 4 is 5.69 Å². The van der Waals surface area contributed by atoms with E-state index in [9.17, 15) is 10.1 Å². The first kappa shape index (κ1) is 17.0. The average Bonchev–Trinajstić information content (AvgIpc) is 2.52. The summed E-state index contributed by atoms with van der Waals surface area (Å²) in [6, 6.07) is 12.8. The smallest absolute Gasteiger partial charge is 0.269 e. The van der Waals surface area contributed by atoms with Gasteiger partial charge in [-0.05, 0) is 40.7 Å². The highest BCUT2D eigenvalue weighted by molar-refractivity contribution is 5.45. The molecular formula is C19H23NO3. The second-order valence-corrected chi connectivity index (χ2v) is 6.29. The third-order valence-electron chi connectivity index (χ3n) is 3.85. The molecule has 0 aromatic heterocycles. The molecule has 0 fully saturated rings. The van der Waals surface area contributed by atoms with E-state index >= 15 is 0 Å². The number of rotatable bonds is 6. The molecule has 0 spiro atoms. The zero-order valence-electron chi connectivity index (χ0n) is 14.1. The third kappa shape index (κ3) is 4.09. The lowest BCUT2D eigenvalue weighted by Gasteiger charge is -2.20. The van der Waals surface area contributed by atoms with Crippen molar-refractivity contribution in [1.29, 1.82) is 0 Å². The molecule has 0 saturated carbocycles.